The number of aldehydes is 1. The number of hydrogen-bond donors (Lipinski definition) is 0. The summed E-state index contributed by atoms with van der Waals surface area (Å²) in [5, 5.41) is 0. The van der Waals surface area contributed by atoms with Gasteiger partial charge in [0.25, 0.3) is 0 Å². The standard InChI is InChI=1S/C23H22O4/c1-25-23(20-10-6-3-7-11-20)17-27-21-13-12-19(15-24)14-22(21)26-16-18-8-4-2-5-9-18/h2-15,23H,16-17H2,1H3/t23-/m1/s1. The average molecular weight is 362 g/mol. The van der Waals surface area contributed by atoms with Gasteiger partial charge in [-0.1, -0.05) is 60.7 Å². The normalized spacial score (nSPS) is 11.6. The van der Waals surface area contributed by atoms with Crippen molar-refractivity contribution in [1.82, 2.24) is 0 Å². The lowest BCUT2D eigenvalue weighted by atomic mass is 10.1. The smallest absolute Gasteiger partial charge is 0.162 e. The molecule has 1 atom stereocenters. The van der Waals surface area contributed by atoms with Crippen molar-refractivity contribution < 1.29 is 19.0 Å². The first kappa shape index (κ1) is 18.7. The summed E-state index contributed by atoms with van der Waals surface area (Å²) in [5.74, 6) is 1.11. The highest BCUT2D eigenvalue weighted by Gasteiger charge is 2.14. The molecule has 0 spiro atoms. The van der Waals surface area contributed by atoms with Gasteiger partial charge in [0.05, 0.1) is 0 Å². The highest BCUT2D eigenvalue weighted by atomic mass is 16.5. The second kappa shape index (κ2) is 9.55. The van der Waals surface area contributed by atoms with E-state index in [9.17, 15) is 4.79 Å². The predicted molar refractivity (Wildman–Crippen MR) is 104 cm³/mol. The number of carbonyl (C=O) groups is 1. The first-order valence-electron chi connectivity index (χ1n) is 8.76. The zero-order valence-electron chi connectivity index (χ0n) is 15.2. The molecule has 0 bridgehead atoms. The molecular weight excluding hydrogens is 340 g/mol. The zero-order chi connectivity index (χ0) is 18.9. The third-order valence-corrected chi connectivity index (χ3v) is 4.19. The van der Waals surface area contributed by atoms with E-state index in [-0.39, 0.29) is 6.10 Å². The van der Waals surface area contributed by atoms with E-state index in [2.05, 4.69) is 0 Å². The zero-order valence-corrected chi connectivity index (χ0v) is 15.2. The van der Waals surface area contributed by atoms with Gasteiger partial charge in [0.1, 0.15) is 25.6 Å². The average Bonchev–Trinajstić information content (AvgIpc) is 2.74. The number of rotatable bonds is 9. The van der Waals surface area contributed by atoms with Gasteiger partial charge < -0.3 is 14.2 Å². The molecule has 0 aliphatic carbocycles. The molecule has 0 N–H and O–H groups in total. The Hall–Kier alpha value is -3.11. The molecule has 27 heavy (non-hydrogen) atoms. The lowest BCUT2D eigenvalue weighted by Gasteiger charge is -2.18. The van der Waals surface area contributed by atoms with E-state index < -0.39 is 0 Å². The van der Waals surface area contributed by atoms with Crippen molar-refractivity contribution in [1.29, 1.82) is 0 Å². The van der Waals surface area contributed by atoms with Crippen LogP contribution in [0.4, 0.5) is 0 Å². The van der Waals surface area contributed by atoms with E-state index in [0.29, 0.717) is 30.3 Å². The second-order valence-corrected chi connectivity index (χ2v) is 6.04. The summed E-state index contributed by atoms with van der Waals surface area (Å²) in [4.78, 5) is 11.1. The van der Waals surface area contributed by atoms with Crippen LogP contribution >= 0.6 is 0 Å². The molecule has 0 radical (unpaired) electrons. The Balaban J connectivity index is 1.72. The summed E-state index contributed by atoms with van der Waals surface area (Å²) in [6.45, 7) is 0.731. The van der Waals surface area contributed by atoms with Gasteiger partial charge in [0.15, 0.2) is 11.5 Å². The fraction of sp³-hybridized carbons (Fsp3) is 0.174. The first-order chi connectivity index (χ1) is 13.3. The Kier molecular flexibility index (Phi) is 6.61. The van der Waals surface area contributed by atoms with Crippen molar-refractivity contribution in [2.45, 2.75) is 12.7 Å². The summed E-state index contributed by atoms with van der Waals surface area (Å²) in [6.07, 6.45) is 0.597. The van der Waals surface area contributed by atoms with Crippen LogP contribution in [0.3, 0.4) is 0 Å². The van der Waals surface area contributed by atoms with Crippen LogP contribution in [0.25, 0.3) is 0 Å². The maximum Gasteiger partial charge on any atom is 0.162 e. The minimum Gasteiger partial charge on any atom is -0.487 e. The van der Waals surface area contributed by atoms with E-state index in [0.717, 1.165) is 17.4 Å². The van der Waals surface area contributed by atoms with E-state index in [4.69, 9.17) is 14.2 Å². The van der Waals surface area contributed by atoms with E-state index in [1.165, 1.54) is 0 Å². The molecule has 3 aromatic carbocycles. The van der Waals surface area contributed by atoms with Gasteiger partial charge in [-0.25, -0.2) is 0 Å². The van der Waals surface area contributed by atoms with E-state index in [1.807, 2.05) is 60.7 Å². The molecule has 3 aromatic rings. The molecule has 0 fully saturated rings. The molecule has 4 heteroatoms. The quantitative estimate of drug-likeness (QED) is 0.511. The fourth-order valence-corrected chi connectivity index (χ4v) is 2.70. The maximum absolute atomic E-state index is 11.1. The van der Waals surface area contributed by atoms with Crippen LogP contribution in [0, 0.1) is 0 Å². The molecule has 0 amide bonds. The third kappa shape index (κ3) is 5.19. The Morgan fingerprint density at radius 2 is 1.56 bits per heavy atom. The van der Waals surface area contributed by atoms with Gasteiger partial charge in [0.2, 0.25) is 0 Å². The summed E-state index contributed by atoms with van der Waals surface area (Å²) < 4.78 is 17.4. The van der Waals surface area contributed by atoms with E-state index in [1.54, 1.807) is 25.3 Å². The van der Waals surface area contributed by atoms with Gasteiger partial charge in [-0.3, -0.25) is 4.79 Å². The monoisotopic (exact) mass is 362 g/mol. The number of hydrogen-bond acceptors (Lipinski definition) is 4. The number of ether oxygens (including phenoxy) is 3. The molecular formula is C23H22O4. The van der Waals surface area contributed by atoms with Crippen LogP contribution < -0.4 is 9.47 Å². The van der Waals surface area contributed by atoms with Gasteiger partial charge in [-0.2, -0.15) is 0 Å². The highest BCUT2D eigenvalue weighted by Crippen LogP contribution is 2.30. The van der Waals surface area contributed by atoms with Crippen molar-refractivity contribution in [3.8, 4) is 11.5 Å². The molecule has 0 aliphatic rings. The Morgan fingerprint density at radius 3 is 2.22 bits per heavy atom. The topological polar surface area (TPSA) is 44.8 Å². The van der Waals surface area contributed by atoms with Crippen molar-refractivity contribution in [2.75, 3.05) is 13.7 Å². The fourth-order valence-electron chi connectivity index (χ4n) is 2.70. The highest BCUT2D eigenvalue weighted by molar-refractivity contribution is 5.76. The molecule has 4 nitrogen and oxygen atoms in total. The second-order valence-electron chi connectivity index (χ2n) is 6.04. The van der Waals surface area contributed by atoms with Crippen LogP contribution in [-0.2, 0) is 11.3 Å². The minimum absolute atomic E-state index is 0.195. The molecule has 0 saturated heterocycles. The number of carbonyl (C=O) groups excluding carboxylic acids is 1. The molecule has 138 valence electrons. The molecule has 0 aromatic heterocycles. The van der Waals surface area contributed by atoms with E-state index >= 15 is 0 Å². The molecule has 0 unspecified atom stereocenters. The van der Waals surface area contributed by atoms with Crippen molar-refractivity contribution in [3.63, 3.8) is 0 Å². The molecule has 0 aliphatic heterocycles. The van der Waals surface area contributed by atoms with Gasteiger partial charge >= 0.3 is 0 Å². The van der Waals surface area contributed by atoms with Crippen molar-refractivity contribution in [2.24, 2.45) is 0 Å². The van der Waals surface area contributed by atoms with Crippen LogP contribution in [0.2, 0.25) is 0 Å². The molecule has 0 saturated carbocycles. The third-order valence-electron chi connectivity index (χ3n) is 4.19. The number of methoxy groups -OCH3 is 1. The van der Waals surface area contributed by atoms with Crippen LogP contribution in [0.15, 0.2) is 78.9 Å². The van der Waals surface area contributed by atoms with Crippen LogP contribution in [0.1, 0.15) is 27.6 Å². The van der Waals surface area contributed by atoms with Gasteiger partial charge in [-0.05, 0) is 29.3 Å². The van der Waals surface area contributed by atoms with Gasteiger partial charge in [-0.15, -0.1) is 0 Å². The van der Waals surface area contributed by atoms with Crippen LogP contribution in [0.5, 0.6) is 11.5 Å². The predicted octanol–water partition coefficient (Wildman–Crippen LogP) is 4.84. The lowest BCUT2D eigenvalue weighted by molar-refractivity contribution is 0.0562. The van der Waals surface area contributed by atoms with Crippen molar-refractivity contribution >= 4 is 6.29 Å². The largest absolute Gasteiger partial charge is 0.487 e. The van der Waals surface area contributed by atoms with Gasteiger partial charge in [0, 0.05) is 12.7 Å². The summed E-state index contributed by atoms with van der Waals surface area (Å²) in [5.41, 5.74) is 2.62. The summed E-state index contributed by atoms with van der Waals surface area (Å²) in [7, 11) is 1.66. The summed E-state index contributed by atoms with van der Waals surface area (Å²) >= 11 is 0. The SMILES string of the molecule is CO[C@H](COc1ccc(C=O)cc1OCc1ccccc1)c1ccccc1. The minimum atomic E-state index is -0.195. The van der Waals surface area contributed by atoms with Crippen LogP contribution in [-0.4, -0.2) is 20.0 Å². The molecule has 3 rings (SSSR count). The first-order valence-corrected chi connectivity index (χ1v) is 8.76. The lowest BCUT2D eigenvalue weighted by Crippen LogP contribution is -2.13. The maximum atomic E-state index is 11.1. The summed E-state index contributed by atoms with van der Waals surface area (Å²) in [6, 6.07) is 24.9. The molecule has 0 heterocycles. The Bertz CT molecular complexity index is 847. The Labute approximate surface area is 159 Å². The number of benzene rings is 3. The van der Waals surface area contributed by atoms with Crippen molar-refractivity contribution in [3.05, 3.63) is 95.6 Å². The Morgan fingerprint density at radius 1 is 0.852 bits per heavy atom.